The van der Waals surface area contributed by atoms with Gasteiger partial charge in [0.25, 0.3) is 0 Å². The van der Waals surface area contributed by atoms with E-state index in [0.29, 0.717) is 5.88 Å². The molecule has 0 atom stereocenters. The van der Waals surface area contributed by atoms with Crippen molar-refractivity contribution in [3.8, 4) is 0 Å². The van der Waals surface area contributed by atoms with Crippen molar-refractivity contribution >= 4 is 27.5 Å². The highest BCUT2D eigenvalue weighted by Gasteiger charge is 2.22. The molecule has 0 saturated heterocycles. The second-order valence-electron chi connectivity index (χ2n) is 4.39. The molecule has 1 aromatic rings. The maximum Gasteiger partial charge on any atom is 0.0402 e. The van der Waals surface area contributed by atoms with Crippen LogP contribution in [-0.4, -0.2) is 23.4 Å². The predicted molar refractivity (Wildman–Crippen MR) is 70.4 cm³/mol. The maximum atomic E-state index is 5.94. The second kappa shape index (κ2) is 5.33. The Hall–Kier alpha value is -0.0500. The summed E-state index contributed by atoms with van der Waals surface area (Å²) >= 11 is 9.49. The number of benzene rings is 1. The largest absolute Gasteiger partial charge is 0.296 e. The van der Waals surface area contributed by atoms with Crippen molar-refractivity contribution in [3.63, 3.8) is 0 Å². The third kappa shape index (κ3) is 3.47. The molecule has 1 aromatic carbocycles. The number of hydrogen-bond acceptors (Lipinski definition) is 1. The topological polar surface area (TPSA) is 3.24 Å². The molecular weight excluding hydrogens is 273 g/mol. The summed E-state index contributed by atoms with van der Waals surface area (Å²) in [5.41, 5.74) is 1.31. The van der Waals surface area contributed by atoms with E-state index in [9.17, 15) is 0 Å². The van der Waals surface area contributed by atoms with Gasteiger partial charge in [0, 0.05) is 22.4 Å². The summed E-state index contributed by atoms with van der Waals surface area (Å²) < 4.78 is 1.15. The van der Waals surface area contributed by atoms with E-state index in [2.05, 4.69) is 59.9 Å². The van der Waals surface area contributed by atoms with Crippen LogP contribution in [0, 0.1) is 0 Å². The van der Waals surface area contributed by atoms with Gasteiger partial charge in [-0.1, -0.05) is 34.1 Å². The first kappa shape index (κ1) is 13.0. The smallest absolute Gasteiger partial charge is 0.0402 e. The van der Waals surface area contributed by atoms with Gasteiger partial charge < -0.3 is 0 Å². The summed E-state index contributed by atoms with van der Waals surface area (Å²) in [7, 11) is 2.10. The van der Waals surface area contributed by atoms with E-state index in [1.54, 1.807) is 0 Å². The number of halogens is 2. The predicted octanol–water partition coefficient (Wildman–Crippen LogP) is 3.90. The summed E-state index contributed by atoms with van der Waals surface area (Å²) in [4.78, 5) is 2.26. The average molecular weight is 291 g/mol. The van der Waals surface area contributed by atoms with E-state index >= 15 is 0 Å². The Morgan fingerprint density at radius 1 is 1.33 bits per heavy atom. The van der Waals surface area contributed by atoms with Crippen molar-refractivity contribution in [2.45, 2.75) is 25.9 Å². The highest BCUT2D eigenvalue weighted by molar-refractivity contribution is 9.10. The second-order valence-corrected chi connectivity index (χ2v) is 5.52. The van der Waals surface area contributed by atoms with Crippen molar-refractivity contribution in [3.05, 3.63) is 34.3 Å². The van der Waals surface area contributed by atoms with E-state index in [1.807, 2.05) is 6.07 Å². The van der Waals surface area contributed by atoms with Gasteiger partial charge in [-0.25, -0.2) is 0 Å². The lowest BCUT2D eigenvalue weighted by Gasteiger charge is -2.34. The molecule has 1 rings (SSSR count). The molecule has 0 aliphatic rings. The molecule has 0 fully saturated rings. The van der Waals surface area contributed by atoms with Crippen molar-refractivity contribution in [2.75, 3.05) is 12.9 Å². The zero-order valence-corrected chi connectivity index (χ0v) is 11.8. The zero-order chi connectivity index (χ0) is 11.5. The van der Waals surface area contributed by atoms with E-state index in [4.69, 9.17) is 11.6 Å². The summed E-state index contributed by atoms with van der Waals surface area (Å²) in [5, 5.41) is 0. The molecule has 15 heavy (non-hydrogen) atoms. The molecule has 0 aromatic heterocycles. The van der Waals surface area contributed by atoms with Gasteiger partial charge in [-0.15, -0.1) is 11.6 Å². The van der Waals surface area contributed by atoms with E-state index < -0.39 is 0 Å². The molecule has 0 amide bonds. The van der Waals surface area contributed by atoms with Crippen LogP contribution in [0.1, 0.15) is 19.4 Å². The average Bonchev–Trinajstić information content (AvgIpc) is 2.21. The number of nitrogens with zero attached hydrogens (tertiary/aromatic N) is 1. The molecule has 0 heterocycles. The summed E-state index contributed by atoms with van der Waals surface area (Å²) in [6, 6.07) is 8.28. The Bertz CT molecular complexity index is 325. The van der Waals surface area contributed by atoms with Gasteiger partial charge in [-0.05, 0) is 32.5 Å². The Morgan fingerprint density at radius 3 is 2.47 bits per heavy atom. The normalized spacial score (nSPS) is 12.1. The van der Waals surface area contributed by atoms with E-state index in [1.165, 1.54) is 5.56 Å². The molecule has 0 N–H and O–H groups in total. The number of rotatable bonds is 4. The Morgan fingerprint density at radius 2 is 1.93 bits per heavy atom. The first-order chi connectivity index (χ1) is 6.97. The molecular formula is C12H17BrClN. The Labute approximate surface area is 106 Å². The third-order valence-corrected chi connectivity index (χ3v) is 4.15. The number of hydrogen-bond donors (Lipinski definition) is 0. The lowest BCUT2D eigenvalue weighted by Crippen LogP contribution is -2.42. The SMILES string of the molecule is CN(Cc1ccccc1Br)C(C)(C)CCl. The van der Waals surface area contributed by atoms with Gasteiger partial charge in [-0.2, -0.15) is 0 Å². The fourth-order valence-corrected chi connectivity index (χ4v) is 1.81. The highest BCUT2D eigenvalue weighted by Crippen LogP contribution is 2.22. The Kier molecular flexibility index (Phi) is 4.63. The first-order valence-corrected chi connectivity index (χ1v) is 6.31. The lowest BCUT2D eigenvalue weighted by atomic mass is 10.1. The molecule has 0 bridgehead atoms. The summed E-state index contributed by atoms with van der Waals surface area (Å²) in [6.07, 6.45) is 0. The molecule has 3 heteroatoms. The molecule has 84 valence electrons. The van der Waals surface area contributed by atoms with E-state index in [0.717, 1.165) is 11.0 Å². The van der Waals surface area contributed by atoms with Gasteiger partial charge in [0.2, 0.25) is 0 Å². The summed E-state index contributed by atoms with van der Waals surface area (Å²) in [6.45, 7) is 5.20. The lowest BCUT2D eigenvalue weighted by molar-refractivity contribution is 0.170. The van der Waals surface area contributed by atoms with Crippen LogP contribution in [0.4, 0.5) is 0 Å². The molecule has 0 unspecified atom stereocenters. The van der Waals surface area contributed by atoms with Crippen molar-refractivity contribution < 1.29 is 0 Å². The van der Waals surface area contributed by atoms with Gasteiger partial charge in [0.15, 0.2) is 0 Å². The van der Waals surface area contributed by atoms with Crippen LogP contribution >= 0.6 is 27.5 Å². The first-order valence-electron chi connectivity index (χ1n) is 4.98. The van der Waals surface area contributed by atoms with Crippen LogP contribution < -0.4 is 0 Å². The molecule has 1 nitrogen and oxygen atoms in total. The highest BCUT2D eigenvalue weighted by atomic mass is 79.9. The van der Waals surface area contributed by atoms with Crippen LogP contribution in [0.2, 0.25) is 0 Å². The minimum absolute atomic E-state index is 0.0246. The van der Waals surface area contributed by atoms with Crippen molar-refractivity contribution in [2.24, 2.45) is 0 Å². The molecule has 0 radical (unpaired) electrons. The van der Waals surface area contributed by atoms with Gasteiger partial charge in [-0.3, -0.25) is 4.90 Å². The van der Waals surface area contributed by atoms with E-state index in [-0.39, 0.29) is 5.54 Å². The van der Waals surface area contributed by atoms with Crippen LogP contribution in [0.3, 0.4) is 0 Å². The quantitative estimate of drug-likeness (QED) is 0.760. The molecule has 0 saturated carbocycles. The standard InChI is InChI=1S/C12H17BrClN/c1-12(2,9-14)15(3)8-10-6-4-5-7-11(10)13/h4-7H,8-9H2,1-3H3. The van der Waals surface area contributed by atoms with Crippen LogP contribution in [-0.2, 0) is 6.54 Å². The molecule has 0 aliphatic heterocycles. The molecule has 0 aliphatic carbocycles. The maximum absolute atomic E-state index is 5.94. The minimum Gasteiger partial charge on any atom is -0.296 e. The van der Waals surface area contributed by atoms with Gasteiger partial charge in [0.05, 0.1) is 0 Å². The third-order valence-electron chi connectivity index (χ3n) is 2.73. The monoisotopic (exact) mass is 289 g/mol. The number of alkyl halides is 1. The minimum atomic E-state index is 0.0246. The van der Waals surface area contributed by atoms with Crippen molar-refractivity contribution in [1.29, 1.82) is 0 Å². The Balaban J connectivity index is 2.75. The fraction of sp³-hybridized carbons (Fsp3) is 0.500. The van der Waals surface area contributed by atoms with Crippen LogP contribution in [0.15, 0.2) is 28.7 Å². The summed E-state index contributed by atoms with van der Waals surface area (Å²) in [5.74, 6) is 0.633. The van der Waals surface area contributed by atoms with Gasteiger partial charge >= 0.3 is 0 Å². The van der Waals surface area contributed by atoms with Crippen molar-refractivity contribution in [1.82, 2.24) is 4.90 Å². The van der Waals surface area contributed by atoms with Gasteiger partial charge in [0.1, 0.15) is 0 Å². The molecule has 0 spiro atoms. The fourth-order valence-electron chi connectivity index (χ4n) is 1.20. The zero-order valence-electron chi connectivity index (χ0n) is 9.43. The van der Waals surface area contributed by atoms with Crippen LogP contribution in [0.25, 0.3) is 0 Å². The van der Waals surface area contributed by atoms with Crippen LogP contribution in [0.5, 0.6) is 0 Å².